The summed E-state index contributed by atoms with van der Waals surface area (Å²) in [5.74, 6) is 3.19. The number of allylic oxidation sites excluding steroid dienone is 2. The van der Waals surface area contributed by atoms with Gasteiger partial charge in [-0.25, -0.2) is 4.79 Å². The van der Waals surface area contributed by atoms with Crippen molar-refractivity contribution in [1.82, 2.24) is 0 Å². The number of anilines is 1. The lowest BCUT2D eigenvalue weighted by Gasteiger charge is -2.33. The monoisotopic (exact) mass is 445 g/mol. The predicted molar refractivity (Wildman–Crippen MR) is 126 cm³/mol. The molecule has 1 aromatic heterocycles. The van der Waals surface area contributed by atoms with E-state index in [1.807, 2.05) is 24.8 Å². The number of hydrogen-bond donors (Lipinski definition) is 0. The number of esters is 1. The van der Waals surface area contributed by atoms with Gasteiger partial charge in [0.2, 0.25) is 5.91 Å². The third kappa shape index (κ3) is 4.95. The first-order chi connectivity index (χ1) is 14.3. The summed E-state index contributed by atoms with van der Waals surface area (Å²) >= 11 is 3.08. The summed E-state index contributed by atoms with van der Waals surface area (Å²) in [6.07, 6.45) is 12.5. The first kappa shape index (κ1) is 23.0. The predicted octanol–water partition coefficient (Wildman–Crippen LogP) is 6.19. The fraction of sp³-hybridized carbons (Fsp3) is 0.583. The smallest absolute Gasteiger partial charge is 0.350 e. The summed E-state index contributed by atoms with van der Waals surface area (Å²) in [6, 6.07) is 1.98. The second-order valence-electron chi connectivity index (χ2n) is 8.40. The van der Waals surface area contributed by atoms with E-state index < -0.39 is 0 Å². The molecular formula is C24H31NO3S2. The van der Waals surface area contributed by atoms with Crippen LogP contribution in [0.1, 0.15) is 79.6 Å². The number of terminal acetylenes is 1. The minimum Gasteiger partial charge on any atom is -0.462 e. The van der Waals surface area contributed by atoms with Gasteiger partial charge in [0.1, 0.15) is 4.88 Å². The van der Waals surface area contributed by atoms with E-state index in [4.69, 9.17) is 11.2 Å². The molecule has 0 saturated heterocycles. The first-order valence-corrected chi connectivity index (χ1v) is 12.5. The van der Waals surface area contributed by atoms with Crippen molar-refractivity contribution in [2.45, 2.75) is 71.1 Å². The Kier molecular flexibility index (Phi) is 7.70. The van der Waals surface area contributed by atoms with Crippen LogP contribution in [0.2, 0.25) is 0 Å². The highest BCUT2D eigenvalue weighted by molar-refractivity contribution is 8.04. The van der Waals surface area contributed by atoms with Crippen molar-refractivity contribution >= 4 is 40.7 Å². The Hall–Kier alpha value is -1.71. The summed E-state index contributed by atoms with van der Waals surface area (Å²) in [5, 5.41) is 0.183. The largest absolute Gasteiger partial charge is 0.462 e. The number of thiophene rings is 1. The van der Waals surface area contributed by atoms with Crippen molar-refractivity contribution in [2.24, 2.45) is 11.8 Å². The molecule has 6 heteroatoms. The van der Waals surface area contributed by atoms with Crippen molar-refractivity contribution in [3.05, 3.63) is 26.8 Å². The van der Waals surface area contributed by atoms with Gasteiger partial charge in [-0.3, -0.25) is 4.79 Å². The molecule has 2 aliphatic rings. The number of carbonyl (C=O) groups excluding carboxylic acids is 2. The average Bonchev–Trinajstić information content (AvgIpc) is 3.35. The minimum atomic E-state index is -0.354. The van der Waals surface area contributed by atoms with E-state index in [9.17, 15) is 9.59 Å². The van der Waals surface area contributed by atoms with Crippen molar-refractivity contribution in [2.75, 3.05) is 11.5 Å². The molecule has 0 N–H and O–H groups in total. The molecule has 1 aliphatic carbocycles. The first-order valence-electron chi connectivity index (χ1n) is 10.8. The Morgan fingerprint density at radius 3 is 2.57 bits per heavy atom. The second-order valence-corrected chi connectivity index (χ2v) is 10.7. The average molecular weight is 446 g/mol. The number of hydrogen-bond acceptors (Lipinski definition) is 5. The van der Waals surface area contributed by atoms with Crippen LogP contribution in [-0.4, -0.2) is 24.5 Å². The van der Waals surface area contributed by atoms with Gasteiger partial charge in [-0.2, -0.15) is 0 Å². The molecular weight excluding hydrogens is 414 g/mol. The zero-order valence-electron chi connectivity index (χ0n) is 18.3. The molecule has 1 fully saturated rings. The van der Waals surface area contributed by atoms with Gasteiger partial charge in [0.15, 0.2) is 0 Å². The van der Waals surface area contributed by atoms with Crippen LogP contribution in [0.15, 0.2) is 17.0 Å². The maximum Gasteiger partial charge on any atom is 0.350 e. The lowest BCUT2D eigenvalue weighted by molar-refractivity contribution is -0.123. The molecule has 1 saturated carbocycles. The molecule has 0 bridgehead atoms. The standard InChI is InChI=1S/C24H31NO3S2/c1-6-18-12-13-20(29-18)21-14-19(22(30-21)24(27)28-7-2)25(15(3)4)23(26)17-10-8-16(5)9-11-17/h1,12,14-17,20H,7-11,13H2,2-5H3. The minimum absolute atomic E-state index is 0.0255. The van der Waals surface area contributed by atoms with Gasteiger partial charge >= 0.3 is 5.97 Å². The molecule has 3 rings (SSSR count). The Morgan fingerprint density at radius 2 is 2.00 bits per heavy atom. The van der Waals surface area contributed by atoms with Crippen LogP contribution in [0.5, 0.6) is 0 Å². The summed E-state index contributed by atoms with van der Waals surface area (Å²) in [4.78, 5) is 30.7. The number of carbonyl (C=O) groups is 2. The summed E-state index contributed by atoms with van der Waals surface area (Å²) in [6.45, 7) is 8.39. The van der Waals surface area contributed by atoms with Gasteiger partial charge in [-0.05, 0) is 64.9 Å². The molecule has 1 aliphatic heterocycles. The van der Waals surface area contributed by atoms with Gasteiger partial charge in [0.25, 0.3) is 0 Å². The van der Waals surface area contributed by atoms with E-state index in [1.165, 1.54) is 11.3 Å². The quantitative estimate of drug-likeness (QED) is 0.387. The fourth-order valence-corrected chi connectivity index (χ4v) is 6.44. The molecule has 1 atom stereocenters. The van der Waals surface area contributed by atoms with Gasteiger partial charge in [0, 0.05) is 22.1 Å². The lowest BCUT2D eigenvalue weighted by Crippen LogP contribution is -2.42. The zero-order chi connectivity index (χ0) is 21.8. The van der Waals surface area contributed by atoms with Crippen LogP contribution in [0.4, 0.5) is 5.69 Å². The fourth-order valence-electron chi connectivity index (χ4n) is 4.17. The number of ether oxygens (including phenoxy) is 1. The summed E-state index contributed by atoms with van der Waals surface area (Å²) in [5.41, 5.74) is 0.696. The molecule has 0 spiro atoms. The van der Waals surface area contributed by atoms with Crippen molar-refractivity contribution < 1.29 is 14.3 Å². The highest BCUT2D eigenvalue weighted by Crippen LogP contribution is 2.48. The molecule has 162 valence electrons. The number of rotatable bonds is 6. The van der Waals surface area contributed by atoms with Crippen LogP contribution in [0, 0.1) is 24.2 Å². The van der Waals surface area contributed by atoms with Crippen molar-refractivity contribution in [1.29, 1.82) is 0 Å². The van der Waals surface area contributed by atoms with Crippen LogP contribution in [0.25, 0.3) is 0 Å². The van der Waals surface area contributed by atoms with E-state index in [2.05, 4.69) is 18.9 Å². The maximum absolute atomic E-state index is 13.5. The van der Waals surface area contributed by atoms with E-state index in [0.717, 1.165) is 41.9 Å². The van der Waals surface area contributed by atoms with E-state index in [0.29, 0.717) is 23.1 Å². The molecule has 1 amide bonds. The third-order valence-electron chi connectivity index (χ3n) is 5.82. The summed E-state index contributed by atoms with van der Waals surface area (Å²) < 4.78 is 5.34. The van der Waals surface area contributed by atoms with E-state index >= 15 is 0 Å². The molecule has 0 radical (unpaired) electrons. The SMILES string of the molecule is C#CC1=CCC(c2cc(N(C(=O)C3CCC(C)CC3)C(C)C)c(C(=O)OCC)s2)S1. The molecule has 1 unspecified atom stereocenters. The van der Waals surface area contributed by atoms with Crippen LogP contribution in [-0.2, 0) is 9.53 Å². The third-order valence-corrected chi connectivity index (χ3v) is 8.45. The molecule has 0 aromatic carbocycles. The molecule has 1 aromatic rings. The van der Waals surface area contributed by atoms with Gasteiger partial charge in [-0.1, -0.05) is 18.9 Å². The number of nitrogens with zero attached hydrogens (tertiary/aromatic N) is 1. The maximum atomic E-state index is 13.5. The highest BCUT2D eigenvalue weighted by Gasteiger charge is 2.34. The number of amides is 1. The Labute approximate surface area is 188 Å². The van der Waals surface area contributed by atoms with Gasteiger partial charge in [-0.15, -0.1) is 29.5 Å². The normalized spacial score (nSPS) is 23.7. The Morgan fingerprint density at radius 1 is 1.30 bits per heavy atom. The topological polar surface area (TPSA) is 46.6 Å². The van der Waals surface area contributed by atoms with Crippen LogP contribution >= 0.6 is 23.1 Å². The Balaban J connectivity index is 1.94. The second kappa shape index (κ2) is 10.1. The molecule has 4 nitrogen and oxygen atoms in total. The van der Waals surface area contributed by atoms with Gasteiger partial charge < -0.3 is 9.64 Å². The molecule has 2 heterocycles. The summed E-state index contributed by atoms with van der Waals surface area (Å²) in [7, 11) is 0. The molecule has 30 heavy (non-hydrogen) atoms. The van der Waals surface area contributed by atoms with Crippen molar-refractivity contribution in [3.63, 3.8) is 0 Å². The number of thioether (sulfide) groups is 1. The van der Waals surface area contributed by atoms with E-state index in [-0.39, 0.29) is 29.1 Å². The van der Waals surface area contributed by atoms with Gasteiger partial charge in [0.05, 0.1) is 17.2 Å². The zero-order valence-corrected chi connectivity index (χ0v) is 19.9. The van der Waals surface area contributed by atoms with Crippen LogP contribution in [0.3, 0.4) is 0 Å². The Bertz CT molecular complexity index is 856. The van der Waals surface area contributed by atoms with E-state index in [1.54, 1.807) is 18.7 Å². The van der Waals surface area contributed by atoms with Crippen molar-refractivity contribution in [3.8, 4) is 12.3 Å². The van der Waals surface area contributed by atoms with Crippen LogP contribution < -0.4 is 4.90 Å². The highest BCUT2D eigenvalue weighted by atomic mass is 32.2. The lowest BCUT2D eigenvalue weighted by atomic mass is 9.82.